The summed E-state index contributed by atoms with van der Waals surface area (Å²) in [5, 5.41) is 22.8. The number of benzene rings is 1. The molecule has 0 fully saturated rings. The molecule has 1 aromatic carbocycles. The quantitative estimate of drug-likeness (QED) is 0.461. The zero-order valence-electron chi connectivity index (χ0n) is 10.7. The van der Waals surface area contributed by atoms with E-state index in [1.807, 2.05) is 0 Å². The number of hydrogen-bond acceptors (Lipinski definition) is 5. The Kier molecular flexibility index (Phi) is 5.33. The third-order valence-electron chi connectivity index (χ3n) is 2.39. The first-order valence-corrected chi connectivity index (χ1v) is 5.70. The molecule has 0 atom stereocenters. The van der Waals surface area contributed by atoms with Crippen molar-refractivity contribution in [1.29, 1.82) is 0 Å². The largest absolute Gasteiger partial charge is 0.481 e. The fourth-order valence-corrected chi connectivity index (χ4v) is 1.33. The average molecular weight is 279 g/mol. The lowest BCUT2D eigenvalue weighted by Gasteiger charge is -2.02. The van der Waals surface area contributed by atoms with E-state index in [0.29, 0.717) is 11.3 Å². The van der Waals surface area contributed by atoms with E-state index in [-0.39, 0.29) is 18.5 Å². The molecule has 2 N–H and O–H groups in total. The average Bonchev–Trinajstić information content (AvgIpc) is 2.42. The number of carbonyl (C=O) groups excluding carboxylic acids is 1. The number of hydrazone groups is 1. The van der Waals surface area contributed by atoms with Crippen LogP contribution in [-0.2, 0) is 9.59 Å². The van der Waals surface area contributed by atoms with Crippen LogP contribution in [0.2, 0.25) is 0 Å². The highest BCUT2D eigenvalue weighted by atomic mass is 16.6. The van der Waals surface area contributed by atoms with Gasteiger partial charge in [-0.1, -0.05) is 12.1 Å². The molecule has 0 unspecified atom stereocenters. The van der Waals surface area contributed by atoms with E-state index in [1.54, 1.807) is 13.0 Å². The summed E-state index contributed by atoms with van der Waals surface area (Å²) in [5.41, 5.74) is 3.01. The fraction of sp³-hybridized carbons (Fsp3) is 0.250. The van der Waals surface area contributed by atoms with Gasteiger partial charge in [0.15, 0.2) is 0 Å². The molecule has 1 amide bonds. The van der Waals surface area contributed by atoms with Crippen LogP contribution in [0.25, 0.3) is 0 Å². The number of amides is 1. The molecule has 0 bridgehead atoms. The molecule has 20 heavy (non-hydrogen) atoms. The molecule has 0 saturated carbocycles. The molecule has 0 aliphatic carbocycles. The maximum atomic E-state index is 11.3. The van der Waals surface area contributed by atoms with E-state index in [4.69, 9.17) is 5.11 Å². The molecular weight excluding hydrogens is 266 g/mol. The maximum absolute atomic E-state index is 11.3. The Morgan fingerprint density at radius 1 is 1.40 bits per heavy atom. The standard InChI is InChI=1S/C12H13N3O5/c1-8(13-14-11(16)5-6-12(17)18)9-3-2-4-10(7-9)15(19)20/h2-4,7H,5-6H2,1H3,(H,14,16)(H,17,18)/b13-8+. The summed E-state index contributed by atoms with van der Waals surface area (Å²) in [6, 6.07) is 5.82. The lowest BCUT2D eigenvalue weighted by molar-refractivity contribution is -0.384. The second-order valence-electron chi connectivity index (χ2n) is 3.93. The van der Waals surface area contributed by atoms with E-state index in [2.05, 4.69) is 10.5 Å². The highest BCUT2D eigenvalue weighted by Crippen LogP contribution is 2.13. The van der Waals surface area contributed by atoms with Crippen LogP contribution in [0.3, 0.4) is 0 Å². The van der Waals surface area contributed by atoms with Gasteiger partial charge in [-0.15, -0.1) is 0 Å². The van der Waals surface area contributed by atoms with E-state index >= 15 is 0 Å². The van der Waals surface area contributed by atoms with Crippen LogP contribution in [0.15, 0.2) is 29.4 Å². The van der Waals surface area contributed by atoms with Gasteiger partial charge in [-0.2, -0.15) is 5.10 Å². The van der Waals surface area contributed by atoms with Crippen molar-refractivity contribution < 1.29 is 19.6 Å². The van der Waals surface area contributed by atoms with Gasteiger partial charge < -0.3 is 5.11 Å². The first kappa shape index (κ1) is 15.3. The van der Waals surface area contributed by atoms with E-state index in [1.165, 1.54) is 18.2 Å². The number of rotatable bonds is 6. The van der Waals surface area contributed by atoms with Gasteiger partial charge >= 0.3 is 5.97 Å². The molecule has 1 aromatic rings. The van der Waals surface area contributed by atoms with Crippen molar-refractivity contribution in [3.05, 3.63) is 39.9 Å². The lowest BCUT2D eigenvalue weighted by atomic mass is 10.1. The second kappa shape index (κ2) is 6.98. The molecule has 0 aliphatic heterocycles. The molecule has 0 spiro atoms. The van der Waals surface area contributed by atoms with E-state index in [9.17, 15) is 19.7 Å². The van der Waals surface area contributed by atoms with Crippen molar-refractivity contribution in [2.24, 2.45) is 5.10 Å². The van der Waals surface area contributed by atoms with Gasteiger partial charge in [0, 0.05) is 24.1 Å². The number of carboxylic acid groups (broad SMARTS) is 1. The molecule has 0 aliphatic rings. The molecule has 0 radical (unpaired) electrons. The topological polar surface area (TPSA) is 122 Å². The Balaban J connectivity index is 2.69. The van der Waals surface area contributed by atoms with Crippen LogP contribution in [0.4, 0.5) is 5.69 Å². The summed E-state index contributed by atoms with van der Waals surface area (Å²) in [7, 11) is 0. The van der Waals surface area contributed by atoms with Crippen molar-refractivity contribution in [2.45, 2.75) is 19.8 Å². The summed E-state index contributed by atoms with van der Waals surface area (Å²) in [5.74, 6) is -1.60. The highest BCUT2D eigenvalue weighted by Gasteiger charge is 2.08. The third kappa shape index (κ3) is 4.84. The minimum Gasteiger partial charge on any atom is -0.481 e. The summed E-state index contributed by atoms with van der Waals surface area (Å²) < 4.78 is 0. The molecule has 0 saturated heterocycles. The zero-order chi connectivity index (χ0) is 15.1. The normalized spacial score (nSPS) is 10.9. The van der Waals surface area contributed by atoms with Crippen molar-refractivity contribution in [3.8, 4) is 0 Å². The van der Waals surface area contributed by atoms with Crippen LogP contribution < -0.4 is 5.43 Å². The summed E-state index contributed by atoms with van der Waals surface area (Å²) in [6.45, 7) is 1.58. The Bertz CT molecular complexity index is 568. The Hall–Kier alpha value is -2.77. The van der Waals surface area contributed by atoms with Crippen molar-refractivity contribution in [2.75, 3.05) is 0 Å². The number of nitrogens with zero attached hydrogens (tertiary/aromatic N) is 2. The Labute approximate surface area is 114 Å². The van der Waals surface area contributed by atoms with E-state index < -0.39 is 16.8 Å². The smallest absolute Gasteiger partial charge is 0.303 e. The number of nitro groups is 1. The first-order chi connectivity index (χ1) is 9.40. The van der Waals surface area contributed by atoms with Gasteiger partial charge in [-0.3, -0.25) is 19.7 Å². The first-order valence-electron chi connectivity index (χ1n) is 5.70. The molecule has 8 nitrogen and oxygen atoms in total. The summed E-state index contributed by atoms with van der Waals surface area (Å²) >= 11 is 0. The fourth-order valence-electron chi connectivity index (χ4n) is 1.33. The predicted octanol–water partition coefficient (Wildman–Crippen LogP) is 1.30. The van der Waals surface area contributed by atoms with Crippen molar-refractivity contribution in [3.63, 3.8) is 0 Å². The van der Waals surface area contributed by atoms with Crippen LogP contribution >= 0.6 is 0 Å². The van der Waals surface area contributed by atoms with Crippen LogP contribution in [-0.4, -0.2) is 27.6 Å². The predicted molar refractivity (Wildman–Crippen MR) is 70.3 cm³/mol. The lowest BCUT2D eigenvalue weighted by Crippen LogP contribution is -2.20. The maximum Gasteiger partial charge on any atom is 0.303 e. The minimum absolute atomic E-state index is 0.0748. The van der Waals surface area contributed by atoms with Crippen LogP contribution in [0, 0.1) is 10.1 Å². The molecule has 0 aromatic heterocycles. The van der Waals surface area contributed by atoms with Gasteiger partial charge in [0.1, 0.15) is 0 Å². The molecule has 0 heterocycles. The number of aliphatic carboxylic acids is 1. The van der Waals surface area contributed by atoms with Crippen molar-refractivity contribution in [1.82, 2.24) is 5.43 Å². The summed E-state index contributed by atoms with van der Waals surface area (Å²) in [4.78, 5) is 31.7. The molecule has 8 heteroatoms. The third-order valence-corrected chi connectivity index (χ3v) is 2.39. The van der Waals surface area contributed by atoms with Crippen LogP contribution in [0.5, 0.6) is 0 Å². The second-order valence-corrected chi connectivity index (χ2v) is 3.93. The number of nitrogens with one attached hydrogen (secondary N) is 1. The van der Waals surface area contributed by atoms with E-state index in [0.717, 1.165) is 0 Å². The van der Waals surface area contributed by atoms with Gasteiger partial charge in [-0.05, 0) is 6.92 Å². The number of non-ortho nitro benzene ring substituents is 1. The van der Waals surface area contributed by atoms with Crippen LogP contribution in [0.1, 0.15) is 25.3 Å². The number of hydrogen-bond donors (Lipinski definition) is 2. The van der Waals surface area contributed by atoms with Gasteiger partial charge in [0.05, 0.1) is 17.1 Å². The Morgan fingerprint density at radius 3 is 2.70 bits per heavy atom. The SMILES string of the molecule is C/C(=N\NC(=O)CCC(=O)O)c1cccc([N+](=O)[O-])c1. The minimum atomic E-state index is -1.07. The van der Waals surface area contributed by atoms with Gasteiger partial charge in [-0.25, -0.2) is 5.43 Å². The highest BCUT2D eigenvalue weighted by molar-refractivity contribution is 5.99. The van der Waals surface area contributed by atoms with Crippen molar-refractivity contribution >= 4 is 23.3 Å². The number of nitro benzene ring substituents is 1. The Morgan fingerprint density at radius 2 is 2.10 bits per heavy atom. The number of carboxylic acids is 1. The molecule has 1 rings (SSSR count). The molecular formula is C12H13N3O5. The monoisotopic (exact) mass is 279 g/mol. The van der Waals surface area contributed by atoms with Gasteiger partial charge in [0.25, 0.3) is 5.69 Å². The summed E-state index contributed by atoms with van der Waals surface area (Å²) in [6.07, 6.45) is -0.460. The number of carbonyl (C=O) groups is 2. The molecule has 106 valence electrons. The van der Waals surface area contributed by atoms with Gasteiger partial charge in [0.2, 0.25) is 5.91 Å². The zero-order valence-corrected chi connectivity index (χ0v) is 10.7.